The summed E-state index contributed by atoms with van der Waals surface area (Å²) in [7, 11) is 1.63. The number of thioether (sulfide) groups is 1. The van der Waals surface area contributed by atoms with Crippen molar-refractivity contribution in [2.75, 3.05) is 18.2 Å². The number of benzene rings is 2. The largest absolute Gasteiger partial charge is 0.496 e. The Hall–Kier alpha value is -3.17. The highest BCUT2D eigenvalue weighted by atomic mass is 32.2. The number of aryl methyl sites for hydroxylation is 2. The SMILES string of the molecule is COc1ccccc1-c1csc(NC(=O)CSc2nncn2-c2ccc(C)c(C)c2)n1. The number of amides is 1. The molecule has 1 N–H and O–H groups in total. The van der Waals surface area contributed by atoms with E-state index in [0.29, 0.717) is 10.3 Å². The molecule has 0 unspecified atom stereocenters. The van der Waals surface area contributed by atoms with E-state index in [0.717, 1.165) is 22.7 Å². The van der Waals surface area contributed by atoms with Gasteiger partial charge in [-0.1, -0.05) is 30.0 Å². The van der Waals surface area contributed by atoms with Gasteiger partial charge in [0.2, 0.25) is 5.91 Å². The first kappa shape index (κ1) is 21.1. The molecule has 0 bridgehead atoms. The van der Waals surface area contributed by atoms with Crippen molar-refractivity contribution in [1.82, 2.24) is 19.7 Å². The first-order chi connectivity index (χ1) is 15.0. The molecule has 0 saturated heterocycles. The standard InChI is InChI=1S/C22H21N5O2S2/c1-14-8-9-16(10-15(14)2)27-13-23-26-22(27)31-12-20(28)25-21-24-18(11-30-21)17-6-4-5-7-19(17)29-3/h4-11,13H,12H2,1-3H3,(H,24,25,28). The van der Waals surface area contributed by atoms with Crippen LogP contribution in [0.5, 0.6) is 5.75 Å². The van der Waals surface area contributed by atoms with Gasteiger partial charge in [0, 0.05) is 16.6 Å². The molecule has 0 aliphatic rings. The molecule has 7 nitrogen and oxygen atoms in total. The lowest BCUT2D eigenvalue weighted by Crippen LogP contribution is -2.14. The number of ether oxygens (including phenoxy) is 1. The van der Waals surface area contributed by atoms with Gasteiger partial charge in [0.05, 0.1) is 18.6 Å². The van der Waals surface area contributed by atoms with Crippen molar-refractivity contribution in [3.63, 3.8) is 0 Å². The number of hydrogen-bond acceptors (Lipinski definition) is 7. The quantitative estimate of drug-likeness (QED) is 0.409. The summed E-state index contributed by atoms with van der Waals surface area (Å²) < 4.78 is 7.27. The van der Waals surface area contributed by atoms with Gasteiger partial charge in [0.15, 0.2) is 10.3 Å². The summed E-state index contributed by atoms with van der Waals surface area (Å²) in [5, 5.41) is 14.1. The highest BCUT2D eigenvalue weighted by Gasteiger charge is 2.14. The molecule has 0 spiro atoms. The van der Waals surface area contributed by atoms with Crippen LogP contribution in [0.2, 0.25) is 0 Å². The number of nitrogens with one attached hydrogen (secondary N) is 1. The topological polar surface area (TPSA) is 81.9 Å². The number of carbonyl (C=O) groups excluding carboxylic acids is 1. The number of aromatic nitrogens is 4. The number of rotatable bonds is 7. The Morgan fingerprint density at radius 1 is 1.19 bits per heavy atom. The van der Waals surface area contributed by atoms with Crippen molar-refractivity contribution in [1.29, 1.82) is 0 Å². The van der Waals surface area contributed by atoms with Crippen LogP contribution in [0.4, 0.5) is 5.13 Å². The zero-order chi connectivity index (χ0) is 21.8. The second kappa shape index (κ2) is 9.32. The van der Waals surface area contributed by atoms with E-state index in [9.17, 15) is 4.79 Å². The average molecular weight is 452 g/mol. The van der Waals surface area contributed by atoms with Crippen LogP contribution >= 0.6 is 23.1 Å². The van der Waals surface area contributed by atoms with Crippen molar-refractivity contribution in [2.45, 2.75) is 19.0 Å². The van der Waals surface area contributed by atoms with Crippen LogP contribution in [0.15, 0.2) is 59.3 Å². The van der Waals surface area contributed by atoms with E-state index in [-0.39, 0.29) is 11.7 Å². The van der Waals surface area contributed by atoms with Crippen molar-refractivity contribution >= 4 is 34.1 Å². The highest BCUT2D eigenvalue weighted by molar-refractivity contribution is 7.99. The molecule has 9 heteroatoms. The summed E-state index contributed by atoms with van der Waals surface area (Å²) in [6.07, 6.45) is 1.66. The maximum absolute atomic E-state index is 12.5. The van der Waals surface area contributed by atoms with Gasteiger partial charge in [-0.25, -0.2) is 4.98 Å². The van der Waals surface area contributed by atoms with Crippen LogP contribution in [0.3, 0.4) is 0 Å². The Morgan fingerprint density at radius 3 is 2.84 bits per heavy atom. The zero-order valence-electron chi connectivity index (χ0n) is 17.3. The van der Waals surface area contributed by atoms with Crippen molar-refractivity contribution in [2.24, 2.45) is 0 Å². The van der Waals surface area contributed by atoms with Gasteiger partial charge in [0.25, 0.3) is 0 Å². The molecule has 1 amide bonds. The van der Waals surface area contributed by atoms with Gasteiger partial charge >= 0.3 is 0 Å². The first-order valence-corrected chi connectivity index (χ1v) is 11.4. The molecule has 158 valence electrons. The van der Waals surface area contributed by atoms with Crippen LogP contribution in [0.25, 0.3) is 16.9 Å². The normalized spacial score (nSPS) is 10.8. The Morgan fingerprint density at radius 2 is 2.03 bits per heavy atom. The van der Waals surface area contributed by atoms with E-state index < -0.39 is 0 Å². The van der Waals surface area contributed by atoms with Crippen LogP contribution in [0, 0.1) is 13.8 Å². The molecular formula is C22H21N5O2S2. The zero-order valence-corrected chi connectivity index (χ0v) is 19.0. The molecule has 0 fully saturated rings. The van der Waals surface area contributed by atoms with Crippen LogP contribution in [-0.4, -0.2) is 38.5 Å². The minimum atomic E-state index is -0.152. The van der Waals surface area contributed by atoms with Gasteiger partial charge in [-0.2, -0.15) is 0 Å². The van der Waals surface area contributed by atoms with Gasteiger partial charge in [-0.05, 0) is 49.2 Å². The summed E-state index contributed by atoms with van der Waals surface area (Å²) in [5.74, 6) is 0.792. The Balaban J connectivity index is 1.40. The number of thiazole rings is 1. The molecule has 2 aromatic carbocycles. The Labute approximate surface area is 188 Å². The van der Waals surface area contributed by atoms with Gasteiger partial charge in [0.1, 0.15) is 12.1 Å². The number of para-hydroxylation sites is 1. The second-order valence-corrected chi connectivity index (χ2v) is 8.63. The van der Waals surface area contributed by atoms with E-state index in [4.69, 9.17) is 4.74 Å². The van der Waals surface area contributed by atoms with E-state index in [1.165, 1.54) is 34.2 Å². The molecule has 0 aliphatic carbocycles. The fraction of sp³-hybridized carbons (Fsp3) is 0.182. The molecule has 2 heterocycles. The Bertz CT molecular complexity index is 1220. The first-order valence-electron chi connectivity index (χ1n) is 9.54. The van der Waals surface area contributed by atoms with Crippen molar-refractivity contribution in [3.8, 4) is 22.7 Å². The predicted molar refractivity (Wildman–Crippen MR) is 124 cm³/mol. The van der Waals surface area contributed by atoms with Gasteiger partial charge < -0.3 is 10.1 Å². The summed E-state index contributed by atoms with van der Waals surface area (Å²) in [6.45, 7) is 4.14. The number of nitrogens with zero attached hydrogens (tertiary/aromatic N) is 4. The van der Waals surface area contributed by atoms with E-state index in [1.54, 1.807) is 13.4 Å². The summed E-state index contributed by atoms with van der Waals surface area (Å²) in [5.41, 5.74) is 5.03. The number of anilines is 1. The third-order valence-corrected chi connectivity index (χ3v) is 6.45. The summed E-state index contributed by atoms with van der Waals surface area (Å²) >= 11 is 2.71. The molecule has 0 atom stereocenters. The third kappa shape index (κ3) is 4.78. The molecule has 4 rings (SSSR count). The minimum absolute atomic E-state index is 0.152. The Kier molecular flexibility index (Phi) is 6.34. The lowest BCUT2D eigenvalue weighted by Gasteiger charge is -2.08. The molecular weight excluding hydrogens is 430 g/mol. The van der Waals surface area contributed by atoms with Crippen LogP contribution < -0.4 is 10.1 Å². The summed E-state index contributed by atoms with van der Waals surface area (Å²) in [4.78, 5) is 17.0. The minimum Gasteiger partial charge on any atom is -0.496 e. The maximum Gasteiger partial charge on any atom is 0.236 e. The highest BCUT2D eigenvalue weighted by Crippen LogP contribution is 2.32. The molecule has 2 aromatic heterocycles. The molecule has 0 saturated carbocycles. The third-order valence-electron chi connectivity index (χ3n) is 4.75. The number of methoxy groups -OCH3 is 1. The monoisotopic (exact) mass is 451 g/mol. The van der Waals surface area contributed by atoms with Gasteiger partial charge in [-0.15, -0.1) is 21.5 Å². The molecule has 0 radical (unpaired) electrons. The molecule has 4 aromatic rings. The van der Waals surface area contributed by atoms with Crippen LogP contribution in [0.1, 0.15) is 11.1 Å². The summed E-state index contributed by atoms with van der Waals surface area (Å²) in [6, 6.07) is 13.8. The van der Waals surface area contributed by atoms with Crippen molar-refractivity contribution < 1.29 is 9.53 Å². The molecule has 0 aliphatic heterocycles. The lowest BCUT2D eigenvalue weighted by molar-refractivity contribution is -0.113. The van der Waals surface area contributed by atoms with E-state index >= 15 is 0 Å². The van der Waals surface area contributed by atoms with Crippen LogP contribution in [-0.2, 0) is 4.79 Å². The predicted octanol–water partition coefficient (Wildman–Crippen LogP) is 4.75. The number of hydrogen-bond donors (Lipinski definition) is 1. The van der Waals surface area contributed by atoms with E-state index in [2.05, 4.69) is 46.5 Å². The lowest BCUT2D eigenvalue weighted by atomic mass is 10.1. The fourth-order valence-electron chi connectivity index (χ4n) is 2.97. The van der Waals surface area contributed by atoms with Gasteiger partial charge in [-0.3, -0.25) is 9.36 Å². The number of carbonyl (C=O) groups is 1. The molecule has 31 heavy (non-hydrogen) atoms. The fourth-order valence-corrected chi connectivity index (χ4v) is 4.43. The van der Waals surface area contributed by atoms with Crippen molar-refractivity contribution in [3.05, 3.63) is 65.3 Å². The van der Waals surface area contributed by atoms with E-state index in [1.807, 2.05) is 40.3 Å². The average Bonchev–Trinajstić information content (AvgIpc) is 3.44. The second-order valence-electron chi connectivity index (χ2n) is 6.83. The smallest absolute Gasteiger partial charge is 0.236 e. The maximum atomic E-state index is 12.5.